The minimum absolute atomic E-state index is 0.315. The number of ether oxygens (including phenoxy) is 1. The first-order valence-electron chi connectivity index (χ1n) is 7.97. The Hall–Kier alpha value is -2.14. The molecule has 0 fully saturated rings. The van der Waals surface area contributed by atoms with Gasteiger partial charge in [0.2, 0.25) is 0 Å². The zero-order chi connectivity index (χ0) is 20.2. The monoisotopic (exact) mass is 420 g/mol. The van der Waals surface area contributed by atoms with Gasteiger partial charge in [-0.2, -0.15) is 18.3 Å². The highest BCUT2D eigenvalue weighted by atomic mass is 32.1. The van der Waals surface area contributed by atoms with Crippen molar-refractivity contribution in [3.63, 3.8) is 0 Å². The number of esters is 1. The summed E-state index contributed by atoms with van der Waals surface area (Å²) in [6.07, 6.45) is -3.93. The molecule has 6 nitrogen and oxygen atoms in total. The lowest BCUT2D eigenvalue weighted by Crippen LogP contribution is -2.30. The number of alkyl halides is 3. The molecule has 0 amide bonds. The van der Waals surface area contributed by atoms with E-state index in [1.54, 1.807) is 13.0 Å². The number of carbonyl (C=O) groups excluding carboxylic acids is 1. The van der Waals surface area contributed by atoms with Gasteiger partial charge in [-0.15, -0.1) is 11.3 Å². The second-order valence-corrected chi connectivity index (χ2v) is 7.38. The van der Waals surface area contributed by atoms with Crippen LogP contribution in [0.4, 0.5) is 18.2 Å². The molecule has 0 atom stereocenters. The Labute approximate surface area is 163 Å². The van der Waals surface area contributed by atoms with Crippen LogP contribution in [0.25, 0.3) is 0 Å². The van der Waals surface area contributed by atoms with E-state index in [1.165, 1.54) is 23.1 Å². The third-order valence-electron chi connectivity index (χ3n) is 3.59. The van der Waals surface area contributed by atoms with Gasteiger partial charge in [-0.05, 0) is 44.6 Å². The number of hydrogen-bond acceptors (Lipinski definition) is 5. The van der Waals surface area contributed by atoms with Gasteiger partial charge >= 0.3 is 12.1 Å². The van der Waals surface area contributed by atoms with E-state index >= 15 is 0 Å². The fourth-order valence-corrected chi connectivity index (χ4v) is 3.49. The number of halogens is 3. The van der Waals surface area contributed by atoms with E-state index in [2.05, 4.69) is 15.7 Å². The normalized spacial score (nSPS) is 11.3. The van der Waals surface area contributed by atoms with E-state index in [9.17, 15) is 18.0 Å². The van der Waals surface area contributed by atoms with Crippen molar-refractivity contribution >= 4 is 39.6 Å². The van der Waals surface area contributed by atoms with Crippen molar-refractivity contribution in [2.75, 3.05) is 19.0 Å². The first-order chi connectivity index (χ1) is 12.6. The molecule has 0 aromatic carbocycles. The van der Waals surface area contributed by atoms with Gasteiger partial charge < -0.3 is 15.4 Å². The Kier molecular flexibility index (Phi) is 6.82. The standard InChI is InChI=1S/C16H19F3N4O2S2/c1-9-7-12(16(17,18)19)22-23(9)6-4-5-20-15(26)21-13-11(14(24)25-3)8-10(2)27-13/h7-8H,4-6H2,1-3H3,(H2,20,21,26). The highest BCUT2D eigenvalue weighted by molar-refractivity contribution is 7.80. The SMILES string of the molecule is COC(=O)c1cc(C)sc1NC(=S)NCCCn1nc(C(F)(F)F)cc1C. The first-order valence-corrected chi connectivity index (χ1v) is 9.19. The molecule has 0 aliphatic heterocycles. The van der Waals surface area contributed by atoms with E-state index in [-0.39, 0.29) is 0 Å². The van der Waals surface area contributed by atoms with Crippen LogP contribution >= 0.6 is 23.6 Å². The predicted molar refractivity (Wildman–Crippen MR) is 101 cm³/mol. The third-order valence-corrected chi connectivity index (χ3v) is 4.80. The van der Waals surface area contributed by atoms with Crippen molar-refractivity contribution in [2.24, 2.45) is 0 Å². The highest BCUT2D eigenvalue weighted by Gasteiger charge is 2.34. The van der Waals surface area contributed by atoms with Crippen LogP contribution in [0.5, 0.6) is 0 Å². The summed E-state index contributed by atoms with van der Waals surface area (Å²) in [5.74, 6) is -0.459. The van der Waals surface area contributed by atoms with Gasteiger partial charge in [-0.3, -0.25) is 4.68 Å². The van der Waals surface area contributed by atoms with Crippen molar-refractivity contribution in [1.29, 1.82) is 0 Å². The molecule has 0 aliphatic carbocycles. The molecule has 27 heavy (non-hydrogen) atoms. The minimum Gasteiger partial charge on any atom is -0.465 e. The van der Waals surface area contributed by atoms with Crippen LogP contribution in [-0.4, -0.2) is 34.5 Å². The van der Waals surface area contributed by atoms with Crippen LogP contribution in [0, 0.1) is 13.8 Å². The summed E-state index contributed by atoms with van der Waals surface area (Å²) in [7, 11) is 1.30. The second kappa shape index (κ2) is 8.70. The Bertz CT molecular complexity index is 830. The molecular formula is C16H19F3N4O2S2. The molecule has 2 heterocycles. The molecule has 0 saturated carbocycles. The summed E-state index contributed by atoms with van der Waals surface area (Å²) in [4.78, 5) is 12.7. The molecule has 11 heteroatoms. The molecule has 0 bridgehead atoms. The van der Waals surface area contributed by atoms with Crippen LogP contribution in [0.2, 0.25) is 0 Å². The van der Waals surface area contributed by atoms with Gasteiger partial charge in [0.05, 0.1) is 12.7 Å². The summed E-state index contributed by atoms with van der Waals surface area (Å²) in [5.41, 5.74) is -0.0515. The third kappa shape index (κ3) is 5.67. The van der Waals surface area contributed by atoms with Gasteiger partial charge in [0.1, 0.15) is 5.00 Å². The summed E-state index contributed by atoms with van der Waals surface area (Å²) >= 11 is 6.57. The molecule has 148 valence electrons. The molecule has 2 aromatic heterocycles. The molecule has 0 spiro atoms. The van der Waals surface area contributed by atoms with Crippen molar-refractivity contribution in [1.82, 2.24) is 15.1 Å². The summed E-state index contributed by atoms with van der Waals surface area (Å²) < 4.78 is 44.0. The van der Waals surface area contributed by atoms with Crippen molar-refractivity contribution in [2.45, 2.75) is 33.0 Å². The number of aryl methyl sites for hydroxylation is 3. The molecular weight excluding hydrogens is 401 g/mol. The van der Waals surface area contributed by atoms with Gasteiger partial charge in [-0.25, -0.2) is 4.79 Å². The zero-order valence-electron chi connectivity index (χ0n) is 14.9. The summed E-state index contributed by atoms with van der Waals surface area (Å²) in [5, 5.41) is 10.4. The zero-order valence-corrected chi connectivity index (χ0v) is 16.6. The summed E-state index contributed by atoms with van der Waals surface area (Å²) in [6.45, 7) is 4.20. The van der Waals surface area contributed by atoms with Gasteiger partial charge in [0.15, 0.2) is 10.8 Å². The fraction of sp³-hybridized carbons (Fsp3) is 0.438. The molecule has 0 radical (unpaired) electrons. The van der Waals surface area contributed by atoms with Crippen LogP contribution in [0.3, 0.4) is 0 Å². The van der Waals surface area contributed by atoms with Crippen molar-refractivity contribution in [3.05, 3.63) is 34.0 Å². The average molecular weight is 420 g/mol. The van der Waals surface area contributed by atoms with Crippen molar-refractivity contribution in [3.8, 4) is 0 Å². The number of hydrogen-bond donors (Lipinski definition) is 2. The number of methoxy groups -OCH3 is 1. The lowest BCUT2D eigenvalue weighted by Gasteiger charge is -2.11. The second-order valence-electron chi connectivity index (χ2n) is 5.72. The van der Waals surface area contributed by atoms with E-state index in [1.807, 2.05) is 6.92 Å². The maximum atomic E-state index is 12.7. The first kappa shape index (κ1) is 21.2. The Balaban J connectivity index is 1.84. The largest absolute Gasteiger partial charge is 0.465 e. The van der Waals surface area contributed by atoms with Crippen LogP contribution in [-0.2, 0) is 17.5 Å². The molecule has 2 rings (SSSR count). The number of rotatable bonds is 6. The van der Waals surface area contributed by atoms with E-state index in [0.717, 1.165) is 10.9 Å². The lowest BCUT2D eigenvalue weighted by atomic mass is 10.3. The van der Waals surface area contributed by atoms with Crippen LogP contribution < -0.4 is 10.6 Å². The Morgan fingerprint density at radius 3 is 2.67 bits per heavy atom. The van der Waals surface area contributed by atoms with Gasteiger partial charge in [0.25, 0.3) is 0 Å². The number of aromatic nitrogens is 2. The van der Waals surface area contributed by atoms with Crippen molar-refractivity contribution < 1.29 is 22.7 Å². The smallest absolute Gasteiger partial charge is 0.435 e. The Morgan fingerprint density at radius 1 is 1.37 bits per heavy atom. The molecule has 0 aliphatic rings. The lowest BCUT2D eigenvalue weighted by molar-refractivity contribution is -0.141. The van der Waals surface area contributed by atoms with Crippen LogP contribution in [0.15, 0.2) is 12.1 Å². The number of nitrogens with zero attached hydrogens (tertiary/aromatic N) is 2. The number of thiophene rings is 1. The fourth-order valence-electron chi connectivity index (χ4n) is 2.32. The topological polar surface area (TPSA) is 68.2 Å². The highest BCUT2D eigenvalue weighted by Crippen LogP contribution is 2.29. The quantitative estimate of drug-likeness (QED) is 0.422. The molecule has 2 aromatic rings. The maximum Gasteiger partial charge on any atom is 0.435 e. The number of carbonyl (C=O) groups is 1. The van der Waals surface area contributed by atoms with Crippen LogP contribution in [0.1, 0.15) is 33.0 Å². The predicted octanol–water partition coefficient (Wildman–Crippen LogP) is 3.74. The number of anilines is 1. The molecule has 2 N–H and O–H groups in total. The van der Waals surface area contributed by atoms with E-state index in [4.69, 9.17) is 17.0 Å². The average Bonchev–Trinajstić information content (AvgIpc) is 3.13. The Morgan fingerprint density at radius 2 is 2.07 bits per heavy atom. The van der Waals surface area contributed by atoms with Gasteiger partial charge in [0, 0.05) is 23.7 Å². The number of thiocarbonyl (C=S) groups is 1. The molecule has 0 saturated heterocycles. The number of nitrogens with one attached hydrogen (secondary N) is 2. The minimum atomic E-state index is -4.45. The maximum absolute atomic E-state index is 12.7. The summed E-state index contributed by atoms with van der Waals surface area (Å²) in [6, 6.07) is 2.73. The van der Waals surface area contributed by atoms with E-state index < -0.39 is 17.8 Å². The molecule has 0 unspecified atom stereocenters. The van der Waals surface area contributed by atoms with E-state index in [0.29, 0.717) is 40.9 Å². The van der Waals surface area contributed by atoms with Gasteiger partial charge in [-0.1, -0.05) is 0 Å².